The lowest BCUT2D eigenvalue weighted by atomic mass is 10.0. The third-order valence-electron chi connectivity index (χ3n) is 2.90. The lowest BCUT2D eigenvalue weighted by Gasteiger charge is -2.30. The Labute approximate surface area is 121 Å². The van der Waals surface area contributed by atoms with Crippen molar-refractivity contribution in [1.82, 2.24) is 14.9 Å². The van der Waals surface area contributed by atoms with Crippen molar-refractivity contribution in [3.05, 3.63) is 30.9 Å². The molecule has 112 valence electrons. The predicted molar refractivity (Wildman–Crippen MR) is 79.5 cm³/mol. The van der Waals surface area contributed by atoms with Gasteiger partial charge in [0.25, 0.3) is 0 Å². The lowest BCUT2D eigenvalue weighted by Crippen LogP contribution is -2.45. The summed E-state index contributed by atoms with van der Waals surface area (Å²) in [6.07, 6.45) is 4.87. The van der Waals surface area contributed by atoms with Gasteiger partial charge in [0.1, 0.15) is 5.60 Å². The van der Waals surface area contributed by atoms with Crippen LogP contribution in [0.1, 0.15) is 53.3 Å². The maximum Gasteiger partial charge on any atom is 0.408 e. The molecule has 0 aliphatic rings. The molecule has 1 aromatic heterocycles. The summed E-state index contributed by atoms with van der Waals surface area (Å²) in [5.74, 6) is 0. The summed E-state index contributed by atoms with van der Waals surface area (Å²) in [7, 11) is 0. The zero-order valence-electron chi connectivity index (χ0n) is 13.2. The topological polar surface area (TPSA) is 56.2 Å². The number of aromatic nitrogens is 2. The van der Waals surface area contributed by atoms with Gasteiger partial charge in [0.05, 0.1) is 23.8 Å². The van der Waals surface area contributed by atoms with Crippen molar-refractivity contribution in [2.45, 2.75) is 58.7 Å². The number of rotatable bonds is 4. The van der Waals surface area contributed by atoms with Gasteiger partial charge in [0.15, 0.2) is 0 Å². The van der Waals surface area contributed by atoms with E-state index in [-0.39, 0.29) is 6.04 Å². The Morgan fingerprint density at radius 3 is 2.55 bits per heavy atom. The third kappa shape index (κ3) is 4.11. The van der Waals surface area contributed by atoms with Crippen LogP contribution in [0.2, 0.25) is 0 Å². The van der Waals surface area contributed by atoms with Crippen molar-refractivity contribution >= 4 is 6.09 Å². The van der Waals surface area contributed by atoms with Crippen LogP contribution in [0.4, 0.5) is 4.79 Å². The molecule has 0 saturated carbocycles. The van der Waals surface area contributed by atoms with Crippen molar-refractivity contribution in [3.63, 3.8) is 0 Å². The van der Waals surface area contributed by atoms with Crippen LogP contribution in [-0.2, 0) is 10.3 Å². The quantitative estimate of drug-likeness (QED) is 0.859. The SMILES string of the molecule is C=CC(C)n1cncc1C(C)(C)NC(=O)OC(C)(C)C. The first kappa shape index (κ1) is 16.3. The van der Waals surface area contributed by atoms with E-state index in [2.05, 4.69) is 16.9 Å². The normalized spacial score (nSPS) is 13.7. The second-order valence-corrected chi connectivity index (χ2v) is 6.41. The number of carbonyl (C=O) groups excluding carboxylic acids is 1. The number of hydrogen-bond donors (Lipinski definition) is 1. The average molecular weight is 279 g/mol. The molecule has 0 aliphatic carbocycles. The molecule has 1 unspecified atom stereocenters. The molecule has 1 amide bonds. The van der Waals surface area contributed by atoms with Gasteiger partial charge < -0.3 is 14.6 Å². The zero-order chi connectivity index (χ0) is 15.6. The van der Waals surface area contributed by atoms with E-state index >= 15 is 0 Å². The van der Waals surface area contributed by atoms with Crippen molar-refractivity contribution in [3.8, 4) is 0 Å². The number of nitrogens with zero attached hydrogens (tertiary/aromatic N) is 2. The van der Waals surface area contributed by atoms with E-state index in [0.29, 0.717) is 0 Å². The smallest absolute Gasteiger partial charge is 0.408 e. The summed E-state index contributed by atoms with van der Waals surface area (Å²) in [4.78, 5) is 16.1. The number of amides is 1. The molecule has 20 heavy (non-hydrogen) atoms. The van der Waals surface area contributed by atoms with Crippen LogP contribution in [0, 0.1) is 0 Å². The highest BCUT2D eigenvalue weighted by Gasteiger charge is 2.29. The van der Waals surface area contributed by atoms with Gasteiger partial charge in [0.2, 0.25) is 0 Å². The number of carbonyl (C=O) groups is 1. The molecule has 1 rings (SSSR count). The van der Waals surface area contributed by atoms with Gasteiger partial charge in [-0.25, -0.2) is 9.78 Å². The van der Waals surface area contributed by atoms with Gasteiger partial charge in [-0.3, -0.25) is 0 Å². The van der Waals surface area contributed by atoms with E-state index in [4.69, 9.17) is 4.74 Å². The van der Waals surface area contributed by atoms with E-state index < -0.39 is 17.2 Å². The lowest BCUT2D eigenvalue weighted by molar-refractivity contribution is 0.0466. The van der Waals surface area contributed by atoms with Gasteiger partial charge in [-0.2, -0.15) is 0 Å². The maximum absolute atomic E-state index is 11.9. The molecular weight excluding hydrogens is 254 g/mol. The number of nitrogens with one attached hydrogen (secondary N) is 1. The molecule has 0 spiro atoms. The summed E-state index contributed by atoms with van der Waals surface area (Å²) >= 11 is 0. The van der Waals surface area contributed by atoms with Gasteiger partial charge in [0, 0.05) is 6.04 Å². The van der Waals surface area contributed by atoms with Crippen LogP contribution < -0.4 is 5.32 Å². The van der Waals surface area contributed by atoms with Crippen molar-refractivity contribution in [2.24, 2.45) is 0 Å². The van der Waals surface area contributed by atoms with Crippen LogP contribution in [0.5, 0.6) is 0 Å². The Morgan fingerprint density at radius 2 is 2.05 bits per heavy atom. The fourth-order valence-corrected chi connectivity index (χ4v) is 1.85. The molecule has 1 N–H and O–H groups in total. The summed E-state index contributed by atoms with van der Waals surface area (Å²) in [5, 5.41) is 2.88. The first-order valence-electron chi connectivity index (χ1n) is 6.73. The molecule has 5 heteroatoms. The standard InChI is InChI=1S/C15H25N3O2/c1-8-11(2)18-10-16-9-12(18)15(6,7)17-13(19)20-14(3,4)5/h8-11H,1H2,2-7H3,(H,17,19). The van der Waals surface area contributed by atoms with Crippen molar-refractivity contribution < 1.29 is 9.53 Å². The molecule has 0 bridgehead atoms. The Hall–Kier alpha value is -1.78. The number of hydrogen-bond acceptors (Lipinski definition) is 3. The summed E-state index contributed by atoms with van der Waals surface area (Å²) in [6.45, 7) is 15.1. The molecule has 1 aromatic rings. The van der Waals surface area contributed by atoms with Gasteiger partial charge in [-0.1, -0.05) is 6.08 Å². The van der Waals surface area contributed by atoms with Crippen LogP contribution >= 0.6 is 0 Å². The van der Waals surface area contributed by atoms with E-state index in [1.165, 1.54) is 0 Å². The van der Waals surface area contributed by atoms with E-state index in [9.17, 15) is 4.79 Å². The monoisotopic (exact) mass is 279 g/mol. The highest BCUT2D eigenvalue weighted by atomic mass is 16.6. The molecule has 5 nitrogen and oxygen atoms in total. The largest absolute Gasteiger partial charge is 0.444 e. The Morgan fingerprint density at radius 1 is 1.45 bits per heavy atom. The predicted octanol–water partition coefficient (Wildman–Crippen LogP) is 3.39. The first-order valence-corrected chi connectivity index (χ1v) is 6.73. The summed E-state index contributed by atoms with van der Waals surface area (Å²) in [5.41, 5.74) is -0.207. The Kier molecular flexibility index (Phi) is 4.63. The molecule has 0 aliphatic heterocycles. The highest BCUT2D eigenvalue weighted by molar-refractivity contribution is 5.68. The van der Waals surface area contributed by atoms with Crippen LogP contribution in [-0.4, -0.2) is 21.2 Å². The first-order chi connectivity index (χ1) is 9.07. The van der Waals surface area contributed by atoms with Gasteiger partial charge in [-0.15, -0.1) is 6.58 Å². The highest BCUT2D eigenvalue weighted by Crippen LogP contribution is 2.23. The third-order valence-corrected chi connectivity index (χ3v) is 2.90. The van der Waals surface area contributed by atoms with E-state index in [0.717, 1.165) is 5.69 Å². The minimum atomic E-state index is -0.587. The van der Waals surface area contributed by atoms with Crippen LogP contribution in [0.3, 0.4) is 0 Å². The molecule has 0 radical (unpaired) electrons. The van der Waals surface area contributed by atoms with Crippen LogP contribution in [0.25, 0.3) is 0 Å². The number of allylic oxidation sites excluding steroid dienone is 1. The van der Waals surface area contributed by atoms with E-state index in [1.54, 1.807) is 12.5 Å². The van der Waals surface area contributed by atoms with Crippen molar-refractivity contribution in [1.29, 1.82) is 0 Å². The number of ether oxygens (including phenoxy) is 1. The molecule has 0 fully saturated rings. The minimum absolute atomic E-state index is 0.104. The second kappa shape index (κ2) is 5.69. The molecule has 1 atom stereocenters. The average Bonchev–Trinajstić information content (AvgIpc) is 2.73. The van der Waals surface area contributed by atoms with E-state index in [1.807, 2.05) is 52.2 Å². The fraction of sp³-hybridized carbons (Fsp3) is 0.600. The minimum Gasteiger partial charge on any atom is -0.444 e. The summed E-state index contributed by atoms with van der Waals surface area (Å²) < 4.78 is 7.27. The molecule has 1 heterocycles. The Bertz CT molecular complexity index is 484. The maximum atomic E-state index is 11.9. The molecular formula is C15H25N3O2. The van der Waals surface area contributed by atoms with Gasteiger partial charge >= 0.3 is 6.09 Å². The molecule has 0 aromatic carbocycles. The zero-order valence-corrected chi connectivity index (χ0v) is 13.2. The number of imidazole rings is 1. The van der Waals surface area contributed by atoms with Gasteiger partial charge in [-0.05, 0) is 41.5 Å². The second-order valence-electron chi connectivity index (χ2n) is 6.41. The fourth-order valence-electron chi connectivity index (χ4n) is 1.85. The van der Waals surface area contributed by atoms with Crippen molar-refractivity contribution in [2.75, 3.05) is 0 Å². The van der Waals surface area contributed by atoms with Crippen LogP contribution in [0.15, 0.2) is 25.2 Å². The summed E-state index contributed by atoms with van der Waals surface area (Å²) in [6, 6.07) is 0.104. The number of alkyl carbamates (subject to hydrolysis) is 1. The molecule has 0 saturated heterocycles. The Balaban J connectivity index is 2.91.